The largest absolute Gasteiger partial charge is 0.503 e. The van der Waals surface area contributed by atoms with E-state index in [1.807, 2.05) is 35.2 Å². The number of likely N-dealkylation sites (tertiary alicyclic amines) is 1. The number of aliphatic hydroxyl groups excluding tert-OH is 1. The zero-order valence-electron chi connectivity index (χ0n) is 17.2. The summed E-state index contributed by atoms with van der Waals surface area (Å²) < 4.78 is 53.0. The van der Waals surface area contributed by atoms with Crippen molar-refractivity contribution in [3.05, 3.63) is 65.2 Å². The molecular weight excluding hydrogens is 432 g/mol. The zero-order valence-corrected chi connectivity index (χ0v) is 18.1. The first-order valence-electron chi connectivity index (χ1n) is 9.62. The number of piperidine rings is 1. The minimum atomic E-state index is -3.67. The van der Waals surface area contributed by atoms with Gasteiger partial charge in [0.1, 0.15) is 0 Å². The molecule has 0 aliphatic carbocycles. The monoisotopic (exact) mass is 459 g/mol. The highest BCUT2D eigenvalue weighted by Gasteiger charge is 2.36. The first-order chi connectivity index (χ1) is 14.3. The summed E-state index contributed by atoms with van der Waals surface area (Å²) in [4.78, 5) is 1.99. The van der Waals surface area contributed by atoms with Crippen molar-refractivity contribution in [1.82, 2.24) is 4.90 Å². The van der Waals surface area contributed by atoms with Crippen molar-refractivity contribution in [2.45, 2.75) is 37.5 Å². The first-order valence-corrected chi connectivity index (χ1v) is 11.5. The molecule has 1 saturated heterocycles. The molecule has 2 aromatic rings. The van der Waals surface area contributed by atoms with Crippen molar-refractivity contribution >= 4 is 10.1 Å². The molecule has 0 amide bonds. The third-order valence-electron chi connectivity index (χ3n) is 5.35. The van der Waals surface area contributed by atoms with E-state index in [2.05, 4.69) is 0 Å². The normalized spacial score (nSPS) is 18.5. The molecule has 1 aliphatic rings. The number of hydrogen-bond donors (Lipinski definition) is 4. The summed E-state index contributed by atoms with van der Waals surface area (Å²) in [5.41, 5.74) is 0.0452. The van der Waals surface area contributed by atoms with Gasteiger partial charge in [0.05, 0.1) is 18.0 Å². The molecule has 0 bridgehead atoms. The summed E-state index contributed by atoms with van der Waals surface area (Å²) in [6.45, 7) is 2.87. The fourth-order valence-electron chi connectivity index (χ4n) is 3.57. The topological polar surface area (TPSA) is 118 Å². The Morgan fingerprint density at radius 2 is 1.52 bits per heavy atom. The lowest BCUT2D eigenvalue weighted by Crippen LogP contribution is -2.47. The number of rotatable bonds is 4. The van der Waals surface area contributed by atoms with Gasteiger partial charge in [0.25, 0.3) is 10.1 Å². The van der Waals surface area contributed by atoms with Gasteiger partial charge in [0, 0.05) is 19.1 Å². The van der Waals surface area contributed by atoms with Crippen LogP contribution in [0.2, 0.25) is 0 Å². The van der Waals surface area contributed by atoms with Gasteiger partial charge in [-0.15, -0.1) is 0 Å². The standard InChI is InChI=1S/C20H23F2NO3.CH4O3S/c1-13(18(24)14-11-16(21)19(25)17(22)12-14)23-9-7-20(26,8-10-23)15-5-3-2-4-6-15;1-5(2,3)4/h2-6,11-13,18,24-26H,7-10H2,1H3;1H3,(H,2,3,4)/t13-,18+;/m1./s1. The van der Waals surface area contributed by atoms with Gasteiger partial charge in [0.15, 0.2) is 17.4 Å². The maximum absolute atomic E-state index is 13.5. The third kappa shape index (κ3) is 6.94. The van der Waals surface area contributed by atoms with Crippen molar-refractivity contribution < 1.29 is 37.1 Å². The summed E-state index contributed by atoms with van der Waals surface area (Å²) in [6, 6.07) is 11.0. The molecule has 0 unspecified atom stereocenters. The van der Waals surface area contributed by atoms with E-state index in [9.17, 15) is 32.5 Å². The van der Waals surface area contributed by atoms with Crippen molar-refractivity contribution in [2.75, 3.05) is 19.3 Å². The Morgan fingerprint density at radius 3 is 1.97 bits per heavy atom. The second-order valence-corrected chi connectivity index (χ2v) is 9.15. The molecular formula is C21H27F2NO6S. The van der Waals surface area contributed by atoms with Gasteiger partial charge in [-0.3, -0.25) is 9.45 Å². The minimum absolute atomic E-state index is 0.0780. The number of phenolic OH excluding ortho intramolecular Hbond substituents is 1. The summed E-state index contributed by atoms with van der Waals surface area (Å²) in [7, 11) is -3.67. The van der Waals surface area contributed by atoms with Crippen LogP contribution < -0.4 is 0 Å². The number of hydrogen-bond acceptors (Lipinski definition) is 6. The van der Waals surface area contributed by atoms with E-state index in [1.54, 1.807) is 6.92 Å². The molecule has 1 fully saturated rings. The Labute approximate surface area is 180 Å². The molecule has 0 saturated carbocycles. The van der Waals surface area contributed by atoms with Crippen LogP contribution in [-0.2, 0) is 15.7 Å². The summed E-state index contributed by atoms with van der Waals surface area (Å²) in [6.07, 6.45) is 0.619. The molecule has 1 aliphatic heterocycles. The summed E-state index contributed by atoms with van der Waals surface area (Å²) in [5, 5.41) is 30.6. The molecule has 0 radical (unpaired) electrons. The van der Waals surface area contributed by atoms with Gasteiger partial charge >= 0.3 is 0 Å². The lowest BCUT2D eigenvalue weighted by molar-refractivity contribution is -0.0502. The number of aromatic hydroxyl groups is 1. The Morgan fingerprint density at radius 1 is 1.06 bits per heavy atom. The molecule has 2 atom stereocenters. The molecule has 7 nitrogen and oxygen atoms in total. The fraction of sp³-hybridized carbons (Fsp3) is 0.429. The molecule has 0 aromatic heterocycles. The van der Waals surface area contributed by atoms with Crippen molar-refractivity contribution in [3.63, 3.8) is 0 Å². The van der Waals surface area contributed by atoms with Crippen molar-refractivity contribution in [2.24, 2.45) is 0 Å². The van der Waals surface area contributed by atoms with Crippen LogP contribution in [0.25, 0.3) is 0 Å². The Kier molecular flexibility index (Phi) is 8.12. The smallest absolute Gasteiger partial charge is 0.261 e. The summed E-state index contributed by atoms with van der Waals surface area (Å²) in [5.74, 6) is -3.23. The average Bonchev–Trinajstić information content (AvgIpc) is 2.70. The van der Waals surface area contributed by atoms with E-state index in [0.29, 0.717) is 32.2 Å². The fourth-order valence-corrected chi connectivity index (χ4v) is 3.57. The average molecular weight is 460 g/mol. The molecule has 0 spiro atoms. The second-order valence-electron chi connectivity index (χ2n) is 7.69. The predicted molar refractivity (Wildman–Crippen MR) is 111 cm³/mol. The van der Waals surface area contributed by atoms with E-state index < -0.39 is 45.2 Å². The molecule has 31 heavy (non-hydrogen) atoms. The molecule has 2 aromatic carbocycles. The Bertz CT molecular complexity index is 948. The van der Waals surface area contributed by atoms with Gasteiger partial charge in [-0.25, -0.2) is 8.78 Å². The predicted octanol–water partition coefficient (Wildman–Crippen LogP) is 2.58. The quantitative estimate of drug-likeness (QED) is 0.519. The first kappa shape index (κ1) is 25.2. The van der Waals surface area contributed by atoms with E-state index in [4.69, 9.17) is 4.55 Å². The van der Waals surface area contributed by atoms with Crippen LogP contribution in [0, 0.1) is 11.6 Å². The van der Waals surface area contributed by atoms with E-state index in [-0.39, 0.29) is 5.56 Å². The molecule has 4 N–H and O–H groups in total. The van der Waals surface area contributed by atoms with Crippen molar-refractivity contribution in [1.29, 1.82) is 0 Å². The molecule has 3 rings (SSSR count). The summed E-state index contributed by atoms with van der Waals surface area (Å²) >= 11 is 0. The molecule has 172 valence electrons. The highest BCUT2D eigenvalue weighted by Crippen LogP contribution is 2.35. The molecule has 1 heterocycles. The number of phenols is 1. The van der Waals surface area contributed by atoms with E-state index >= 15 is 0 Å². The van der Waals surface area contributed by atoms with Crippen molar-refractivity contribution in [3.8, 4) is 5.75 Å². The van der Waals surface area contributed by atoms with Crippen LogP contribution >= 0.6 is 0 Å². The SMILES string of the molecule is CS(=O)(=O)O.C[C@H]([C@H](O)c1cc(F)c(O)c(F)c1)N1CCC(O)(c2ccccc2)CC1. The van der Waals surface area contributed by atoms with Gasteiger partial charge in [-0.2, -0.15) is 8.42 Å². The Balaban J connectivity index is 0.000000614. The second kappa shape index (κ2) is 10.0. The minimum Gasteiger partial charge on any atom is -0.503 e. The Hall–Kier alpha value is -2.11. The lowest BCUT2D eigenvalue weighted by atomic mass is 9.83. The van der Waals surface area contributed by atoms with Crippen LogP contribution in [0.1, 0.15) is 37.0 Å². The highest BCUT2D eigenvalue weighted by molar-refractivity contribution is 7.85. The van der Waals surface area contributed by atoms with Crippen LogP contribution in [0.3, 0.4) is 0 Å². The zero-order chi connectivity index (χ0) is 23.4. The number of nitrogens with zero attached hydrogens (tertiary/aromatic N) is 1. The van der Waals surface area contributed by atoms with Crippen LogP contribution in [0.4, 0.5) is 8.78 Å². The van der Waals surface area contributed by atoms with Gasteiger partial charge < -0.3 is 15.3 Å². The third-order valence-corrected chi connectivity index (χ3v) is 5.35. The van der Waals surface area contributed by atoms with Gasteiger partial charge in [0.2, 0.25) is 0 Å². The maximum Gasteiger partial charge on any atom is 0.261 e. The highest BCUT2D eigenvalue weighted by atomic mass is 32.2. The number of benzene rings is 2. The van der Waals surface area contributed by atoms with E-state index in [0.717, 1.165) is 17.7 Å². The molecule has 10 heteroatoms. The van der Waals surface area contributed by atoms with Crippen LogP contribution in [0.15, 0.2) is 42.5 Å². The van der Waals surface area contributed by atoms with E-state index in [1.165, 1.54) is 0 Å². The number of halogens is 2. The van der Waals surface area contributed by atoms with Crippen LogP contribution in [-0.4, -0.2) is 58.6 Å². The van der Waals surface area contributed by atoms with Gasteiger partial charge in [-0.1, -0.05) is 30.3 Å². The van der Waals surface area contributed by atoms with Gasteiger partial charge in [-0.05, 0) is 43.0 Å². The van der Waals surface area contributed by atoms with Crippen LogP contribution in [0.5, 0.6) is 5.75 Å². The number of aliphatic hydroxyl groups is 2. The lowest BCUT2D eigenvalue weighted by Gasteiger charge is -2.42. The maximum atomic E-state index is 13.5.